The van der Waals surface area contributed by atoms with Gasteiger partial charge in [-0.05, 0) is 36.8 Å². The number of aliphatic hydroxyl groups excluding tert-OH is 1. The van der Waals surface area contributed by atoms with Crippen LogP contribution in [-0.4, -0.2) is 16.2 Å². The fourth-order valence-electron chi connectivity index (χ4n) is 2.50. The molecule has 1 fully saturated rings. The fraction of sp³-hybridized carbons (Fsp3) is 0.615. The molecule has 2 rings (SSSR count). The molecule has 1 aromatic heterocycles. The highest BCUT2D eigenvalue weighted by atomic mass is 35.5. The molecule has 1 aromatic rings. The lowest BCUT2D eigenvalue weighted by Gasteiger charge is -2.16. The molecule has 0 aromatic carbocycles. The Hall–Kier alpha value is -0.600. The zero-order chi connectivity index (χ0) is 11.4. The molecule has 2 atom stereocenters. The first kappa shape index (κ1) is 11.9. The van der Waals surface area contributed by atoms with Crippen LogP contribution in [0, 0.1) is 5.92 Å². The second kappa shape index (κ2) is 5.65. The summed E-state index contributed by atoms with van der Waals surface area (Å²) in [7, 11) is 0. The van der Waals surface area contributed by atoms with E-state index < -0.39 is 0 Å². The number of nitrogens with zero attached hydrogens (tertiary/aromatic N) is 1. The summed E-state index contributed by atoms with van der Waals surface area (Å²) in [6.07, 6.45) is 9.80. The average molecular weight is 240 g/mol. The quantitative estimate of drug-likeness (QED) is 0.804. The van der Waals surface area contributed by atoms with Crippen molar-refractivity contribution in [3.8, 4) is 0 Å². The molecule has 2 unspecified atom stereocenters. The van der Waals surface area contributed by atoms with Crippen molar-refractivity contribution >= 4 is 11.6 Å². The van der Waals surface area contributed by atoms with Crippen LogP contribution in [0.5, 0.6) is 0 Å². The Morgan fingerprint density at radius 1 is 1.38 bits per heavy atom. The third-order valence-corrected chi connectivity index (χ3v) is 3.71. The minimum Gasteiger partial charge on any atom is -0.393 e. The van der Waals surface area contributed by atoms with Crippen molar-refractivity contribution < 1.29 is 5.11 Å². The van der Waals surface area contributed by atoms with Crippen molar-refractivity contribution in [2.75, 3.05) is 0 Å². The normalized spacial score (nSPS) is 26.4. The fourth-order valence-corrected chi connectivity index (χ4v) is 2.70. The second-order valence-corrected chi connectivity index (χ2v) is 5.12. The predicted octanol–water partition coefficient (Wildman–Crippen LogP) is 3.22. The van der Waals surface area contributed by atoms with E-state index in [-0.39, 0.29) is 6.10 Å². The van der Waals surface area contributed by atoms with Gasteiger partial charge in [-0.15, -0.1) is 0 Å². The van der Waals surface area contributed by atoms with E-state index in [1.54, 1.807) is 12.4 Å². The highest BCUT2D eigenvalue weighted by molar-refractivity contribution is 6.31. The number of rotatable bonds is 2. The van der Waals surface area contributed by atoms with Crippen LogP contribution in [-0.2, 0) is 6.42 Å². The number of hydrogen-bond donors (Lipinski definition) is 1. The summed E-state index contributed by atoms with van der Waals surface area (Å²) >= 11 is 6.10. The Balaban J connectivity index is 2.00. The summed E-state index contributed by atoms with van der Waals surface area (Å²) in [5.41, 5.74) is 1.16. The molecule has 1 aliphatic rings. The first-order chi connectivity index (χ1) is 7.75. The highest BCUT2D eigenvalue weighted by Crippen LogP contribution is 2.28. The summed E-state index contributed by atoms with van der Waals surface area (Å²) < 4.78 is 0. The Labute approximate surface area is 102 Å². The third kappa shape index (κ3) is 3.19. The van der Waals surface area contributed by atoms with Crippen LogP contribution < -0.4 is 0 Å². The summed E-state index contributed by atoms with van der Waals surface area (Å²) in [6, 6.07) is 1.99. The van der Waals surface area contributed by atoms with Gasteiger partial charge in [-0.25, -0.2) is 0 Å². The molecule has 0 bridgehead atoms. The van der Waals surface area contributed by atoms with E-state index in [1.165, 1.54) is 12.8 Å². The van der Waals surface area contributed by atoms with Gasteiger partial charge in [-0.3, -0.25) is 4.98 Å². The topological polar surface area (TPSA) is 33.1 Å². The van der Waals surface area contributed by atoms with Crippen LogP contribution in [0.1, 0.15) is 37.7 Å². The SMILES string of the molecule is OC1CCCCC(Cc2ccncc2Cl)C1. The molecule has 1 aliphatic carbocycles. The van der Waals surface area contributed by atoms with Gasteiger partial charge in [0.15, 0.2) is 0 Å². The van der Waals surface area contributed by atoms with Crippen LogP contribution in [0.15, 0.2) is 18.5 Å². The first-order valence-corrected chi connectivity index (χ1v) is 6.40. The number of pyridine rings is 1. The Morgan fingerprint density at radius 2 is 2.19 bits per heavy atom. The lowest BCUT2D eigenvalue weighted by atomic mass is 9.92. The zero-order valence-electron chi connectivity index (χ0n) is 9.40. The summed E-state index contributed by atoms with van der Waals surface area (Å²) in [5, 5.41) is 10.5. The van der Waals surface area contributed by atoms with Gasteiger partial charge in [-0.1, -0.05) is 30.9 Å². The van der Waals surface area contributed by atoms with Gasteiger partial charge in [0.05, 0.1) is 11.1 Å². The van der Waals surface area contributed by atoms with Crippen LogP contribution in [0.3, 0.4) is 0 Å². The molecule has 0 amide bonds. The molecular weight excluding hydrogens is 222 g/mol. The van der Waals surface area contributed by atoms with Gasteiger partial charge in [0.1, 0.15) is 0 Å². The minimum absolute atomic E-state index is 0.117. The van der Waals surface area contributed by atoms with E-state index >= 15 is 0 Å². The Morgan fingerprint density at radius 3 is 3.00 bits per heavy atom. The van der Waals surface area contributed by atoms with E-state index in [2.05, 4.69) is 4.98 Å². The highest BCUT2D eigenvalue weighted by Gasteiger charge is 2.19. The maximum absolute atomic E-state index is 9.76. The van der Waals surface area contributed by atoms with Gasteiger partial charge in [0, 0.05) is 12.4 Å². The van der Waals surface area contributed by atoms with Gasteiger partial charge in [0.2, 0.25) is 0 Å². The molecule has 3 heteroatoms. The summed E-state index contributed by atoms with van der Waals surface area (Å²) in [6.45, 7) is 0. The largest absolute Gasteiger partial charge is 0.393 e. The number of halogens is 1. The molecule has 1 heterocycles. The van der Waals surface area contributed by atoms with Gasteiger partial charge in [0.25, 0.3) is 0 Å². The van der Waals surface area contributed by atoms with Gasteiger partial charge in [-0.2, -0.15) is 0 Å². The van der Waals surface area contributed by atoms with Crippen molar-refractivity contribution in [2.24, 2.45) is 5.92 Å². The minimum atomic E-state index is -0.117. The van der Waals surface area contributed by atoms with Crippen LogP contribution in [0.2, 0.25) is 5.02 Å². The lowest BCUT2D eigenvalue weighted by molar-refractivity contribution is 0.141. The van der Waals surface area contributed by atoms with Crippen molar-refractivity contribution in [3.05, 3.63) is 29.0 Å². The number of aliphatic hydroxyl groups is 1. The van der Waals surface area contributed by atoms with E-state index in [1.807, 2.05) is 6.07 Å². The number of hydrogen-bond acceptors (Lipinski definition) is 2. The Kier molecular flexibility index (Phi) is 4.19. The van der Waals surface area contributed by atoms with Crippen LogP contribution in [0.4, 0.5) is 0 Å². The van der Waals surface area contributed by atoms with Crippen molar-refractivity contribution in [3.63, 3.8) is 0 Å². The summed E-state index contributed by atoms with van der Waals surface area (Å²) in [4.78, 5) is 3.99. The van der Waals surface area contributed by atoms with Crippen molar-refractivity contribution in [1.29, 1.82) is 0 Å². The second-order valence-electron chi connectivity index (χ2n) is 4.71. The maximum Gasteiger partial charge on any atom is 0.0621 e. The first-order valence-electron chi connectivity index (χ1n) is 6.02. The number of aromatic nitrogens is 1. The van der Waals surface area contributed by atoms with Crippen LogP contribution >= 0.6 is 11.6 Å². The molecular formula is C13H18ClNO. The molecule has 16 heavy (non-hydrogen) atoms. The van der Waals surface area contributed by atoms with E-state index in [9.17, 15) is 5.11 Å². The zero-order valence-corrected chi connectivity index (χ0v) is 10.2. The smallest absolute Gasteiger partial charge is 0.0621 e. The van der Waals surface area contributed by atoms with Crippen molar-refractivity contribution in [2.45, 2.75) is 44.6 Å². The predicted molar refractivity (Wildman–Crippen MR) is 65.5 cm³/mol. The molecule has 2 nitrogen and oxygen atoms in total. The molecule has 0 radical (unpaired) electrons. The van der Waals surface area contributed by atoms with Gasteiger partial charge < -0.3 is 5.11 Å². The summed E-state index contributed by atoms with van der Waals surface area (Å²) in [5.74, 6) is 0.567. The van der Waals surface area contributed by atoms with Gasteiger partial charge >= 0.3 is 0 Å². The van der Waals surface area contributed by atoms with Crippen LogP contribution in [0.25, 0.3) is 0 Å². The maximum atomic E-state index is 9.76. The third-order valence-electron chi connectivity index (χ3n) is 3.37. The van der Waals surface area contributed by atoms with Crippen molar-refractivity contribution in [1.82, 2.24) is 4.98 Å². The molecule has 0 aliphatic heterocycles. The molecule has 0 spiro atoms. The molecule has 0 saturated heterocycles. The standard InChI is InChI=1S/C13H18ClNO/c14-13-9-15-6-5-11(13)7-10-3-1-2-4-12(16)8-10/h5-6,9-10,12,16H,1-4,7-8H2. The lowest BCUT2D eigenvalue weighted by Crippen LogP contribution is -2.12. The average Bonchev–Trinajstić information content (AvgIpc) is 2.46. The molecule has 1 N–H and O–H groups in total. The molecule has 1 saturated carbocycles. The van der Waals surface area contributed by atoms with E-state index in [0.717, 1.165) is 36.3 Å². The van der Waals surface area contributed by atoms with E-state index in [4.69, 9.17) is 11.6 Å². The molecule has 88 valence electrons. The Bertz CT molecular complexity index is 342. The van der Waals surface area contributed by atoms with E-state index in [0.29, 0.717) is 5.92 Å². The monoisotopic (exact) mass is 239 g/mol.